The molecule has 0 aliphatic carbocycles. The van der Waals surface area contributed by atoms with Crippen LogP contribution >= 0.6 is 23.4 Å². The van der Waals surface area contributed by atoms with Crippen LogP contribution < -0.4 is 0 Å². The van der Waals surface area contributed by atoms with Crippen LogP contribution in [0.4, 0.5) is 0 Å². The second-order valence-electron chi connectivity index (χ2n) is 4.84. The smallest absolute Gasteiger partial charge is 0.323 e. The summed E-state index contributed by atoms with van der Waals surface area (Å²) in [5.41, 5.74) is 0. The Morgan fingerprint density at radius 1 is 1.53 bits per heavy atom. The van der Waals surface area contributed by atoms with Crippen LogP contribution in [0.5, 0.6) is 0 Å². The topological polar surface area (TPSA) is 46.5 Å². The van der Waals surface area contributed by atoms with Crippen LogP contribution in [0.2, 0.25) is 0 Å². The van der Waals surface area contributed by atoms with Crippen LogP contribution in [0.15, 0.2) is 35.2 Å². The molecule has 2 rings (SSSR count). The molecule has 1 N–H and O–H groups in total. The van der Waals surface area contributed by atoms with E-state index in [0.29, 0.717) is 12.8 Å². The van der Waals surface area contributed by atoms with Gasteiger partial charge in [-0.3, -0.25) is 4.79 Å². The standard InChI is InChI=1S/C14H17ClO3S/c1-10-7-14(13(17)18-10,8-11(16)9-15)19-12-5-3-2-4-6-12/h2-6,10-11,16H,7-9H2,1H3/t10-,11-,14?/m0/s1. The van der Waals surface area contributed by atoms with E-state index in [4.69, 9.17) is 16.3 Å². The van der Waals surface area contributed by atoms with Crippen molar-refractivity contribution in [2.75, 3.05) is 5.88 Å². The van der Waals surface area contributed by atoms with Crippen LogP contribution in [-0.4, -0.2) is 33.9 Å². The van der Waals surface area contributed by atoms with Gasteiger partial charge in [-0.25, -0.2) is 0 Å². The molecular weight excluding hydrogens is 284 g/mol. The highest BCUT2D eigenvalue weighted by molar-refractivity contribution is 8.01. The second-order valence-corrected chi connectivity index (χ2v) is 6.61. The zero-order chi connectivity index (χ0) is 13.9. The van der Waals surface area contributed by atoms with E-state index in [1.807, 2.05) is 37.3 Å². The van der Waals surface area contributed by atoms with Gasteiger partial charge in [0.2, 0.25) is 0 Å². The highest BCUT2D eigenvalue weighted by Crippen LogP contribution is 2.45. The van der Waals surface area contributed by atoms with E-state index in [1.54, 1.807) is 0 Å². The number of hydrogen-bond donors (Lipinski definition) is 1. The summed E-state index contributed by atoms with van der Waals surface area (Å²) in [5, 5.41) is 9.81. The molecule has 5 heteroatoms. The Morgan fingerprint density at radius 3 is 2.74 bits per heavy atom. The van der Waals surface area contributed by atoms with Gasteiger partial charge in [-0.05, 0) is 19.1 Å². The van der Waals surface area contributed by atoms with E-state index in [2.05, 4.69) is 0 Å². The second kappa shape index (κ2) is 6.16. The quantitative estimate of drug-likeness (QED) is 0.671. The molecule has 3 nitrogen and oxygen atoms in total. The number of cyclic esters (lactones) is 1. The molecule has 1 unspecified atom stereocenters. The maximum Gasteiger partial charge on any atom is 0.323 e. The molecule has 0 spiro atoms. The van der Waals surface area contributed by atoms with Crippen molar-refractivity contribution in [3.63, 3.8) is 0 Å². The predicted octanol–water partition coefficient (Wildman–Crippen LogP) is 2.84. The van der Waals surface area contributed by atoms with Crippen LogP contribution in [-0.2, 0) is 9.53 Å². The average molecular weight is 301 g/mol. The van der Waals surface area contributed by atoms with Gasteiger partial charge >= 0.3 is 5.97 Å². The molecule has 1 aromatic rings. The number of alkyl halides is 1. The zero-order valence-corrected chi connectivity index (χ0v) is 12.3. The number of ether oxygens (including phenoxy) is 1. The van der Waals surface area contributed by atoms with Crippen molar-refractivity contribution in [3.05, 3.63) is 30.3 Å². The number of esters is 1. The minimum Gasteiger partial charge on any atom is -0.462 e. The van der Waals surface area contributed by atoms with E-state index < -0.39 is 10.9 Å². The van der Waals surface area contributed by atoms with Crippen LogP contribution in [0.3, 0.4) is 0 Å². The Morgan fingerprint density at radius 2 is 2.21 bits per heavy atom. The summed E-state index contributed by atoms with van der Waals surface area (Å²) in [7, 11) is 0. The number of aliphatic hydroxyl groups is 1. The first-order valence-corrected chi connectivity index (χ1v) is 7.60. The van der Waals surface area contributed by atoms with Crippen LogP contribution in [0.25, 0.3) is 0 Å². The fourth-order valence-corrected chi connectivity index (χ4v) is 3.90. The van der Waals surface area contributed by atoms with Gasteiger partial charge in [-0.1, -0.05) is 18.2 Å². The van der Waals surface area contributed by atoms with Crippen molar-refractivity contribution in [3.8, 4) is 0 Å². The molecule has 104 valence electrons. The summed E-state index contributed by atoms with van der Waals surface area (Å²) in [5.74, 6) is -0.128. The maximum atomic E-state index is 12.2. The van der Waals surface area contributed by atoms with Crippen molar-refractivity contribution in [1.82, 2.24) is 0 Å². The molecule has 3 atom stereocenters. The number of aliphatic hydroxyl groups excluding tert-OH is 1. The normalized spacial score (nSPS) is 28.2. The Balaban J connectivity index is 2.22. The van der Waals surface area contributed by atoms with Gasteiger partial charge < -0.3 is 9.84 Å². The van der Waals surface area contributed by atoms with Crippen molar-refractivity contribution >= 4 is 29.3 Å². The molecule has 1 saturated heterocycles. The number of hydrogen-bond acceptors (Lipinski definition) is 4. The van der Waals surface area contributed by atoms with E-state index >= 15 is 0 Å². The van der Waals surface area contributed by atoms with Gasteiger partial charge in [0.1, 0.15) is 10.9 Å². The number of halogens is 1. The number of carbonyl (C=O) groups excluding carboxylic acids is 1. The van der Waals surface area contributed by atoms with Gasteiger partial charge in [0.25, 0.3) is 0 Å². The minimum atomic E-state index is -0.727. The lowest BCUT2D eigenvalue weighted by Gasteiger charge is -2.26. The minimum absolute atomic E-state index is 0.119. The summed E-state index contributed by atoms with van der Waals surface area (Å²) in [6.45, 7) is 1.87. The third-order valence-corrected chi connectivity index (χ3v) is 4.85. The van der Waals surface area contributed by atoms with Crippen molar-refractivity contribution in [2.45, 2.75) is 41.6 Å². The summed E-state index contributed by atoms with van der Waals surface area (Å²) in [6, 6.07) is 9.70. The number of benzene rings is 1. The summed E-state index contributed by atoms with van der Waals surface area (Å²) in [6.07, 6.45) is 0.0976. The maximum absolute atomic E-state index is 12.2. The van der Waals surface area contributed by atoms with Gasteiger partial charge in [0, 0.05) is 23.6 Å². The van der Waals surface area contributed by atoms with Crippen LogP contribution in [0, 0.1) is 0 Å². The first kappa shape index (κ1) is 14.7. The molecule has 0 radical (unpaired) electrons. The van der Waals surface area contributed by atoms with Gasteiger partial charge in [0.05, 0.1) is 6.10 Å². The van der Waals surface area contributed by atoms with E-state index in [1.165, 1.54) is 11.8 Å². The molecule has 1 aliphatic rings. The molecule has 1 aromatic carbocycles. The van der Waals surface area contributed by atoms with E-state index in [-0.39, 0.29) is 18.0 Å². The lowest BCUT2D eigenvalue weighted by Crippen LogP contribution is -2.35. The average Bonchev–Trinajstić information content (AvgIpc) is 2.65. The molecule has 1 heterocycles. The summed E-state index contributed by atoms with van der Waals surface area (Å²) < 4.78 is 4.55. The van der Waals surface area contributed by atoms with Crippen molar-refractivity contribution < 1.29 is 14.6 Å². The first-order chi connectivity index (χ1) is 9.05. The summed E-state index contributed by atoms with van der Waals surface area (Å²) >= 11 is 7.13. The Hall–Kier alpha value is -0.710. The highest BCUT2D eigenvalue weighted by Gasteiger charge is 2.49. The molecule has 0 aromatic heterocycles. The molecular formula is C14H17ClO3S. The largest absolute Gasteiger partial charge is 0.462 e. The third kappa shape index (κ3) is 3.44. The lowest BCUT2D eigenvalue weighted by atomic mass is 9.97. The van der Waals surface area contributed by atoms with Crippen molar-refractivity contribution in [2.24, 2.45) is 0 Å². The van der Waals surface area contributed by atoms with Gasteiger partial charge in [0.15, 0.2) is 0 Å². The third-order valence-electron chi connectivity index (χ3n) is 3.10. The molecule has 1 fully saturated rings. The fraction of sp³-hybridized carbons (Fsp3) is 0.500. The fourth-order valence-electron chi connectivity index (χ4n) is 2.32. The van der Waals surface area contributed by atoms with Gasteiger partial charge in [-0.15, -0.1) is 23.4 Å². The predicted molar refractivity (Wildman–Crippen MR) is 76.5 cm³/mol. The first-order valence-electron chi connectivity index (χ1n) is 6.25. The number of rotatable bonds is 5. The lowest BCUT2D eigenvalue weighted by molar-refractivity contribution is -0.143. The zero-order valence-electron chi connectivity index (χ0n) is 10.7. The summed E-state index contributed by atoms with van der Waals surface area (Å²) in [4.78, 5) is 13.2. The highest BCUT2D eigenvalue weighted by atomic mass is 35.5. The SMILES string of the molecule is C[C@H]1CC(C[C@H](O)CCl)(Sc2ccccc2)C(=O)O1. The Bertz CT molecular complexity index is 440. The van der Waals surface area contributed by atoms with Gasteiger partial charge in [-0.2, -0.15) is 0 Å². The molecule has 0 amide bonds. The molecule has 19 heavy (non-hydrogen) atoms. The van der Waals surface area contributed by atoms with Crippen LogP contribution in [0.1, 0.15) is 19.8 Å². The Kier molecular flexibility index (Phi) is 4.76. The molecule has 0 bridgehead atoms. The molecule has 0 saturated carbocycles. The number of thioether (sulfide) groups is 1. The Labute approximate surface area is 122 Å². The molecule has 1 aliphatic heterocycles. The van der Waals surface area contributed by atoms with E-state index in [0.717, 1.165) is 4.90 Å². The van der Waals surface area contributed by atoms with E-state index in [9.17, 15) is 9.90 Å². The van der Waals surface area contributed by atoms with Crippen molar-refractivity contribution in [1.29, 1.82) is 0 Å². The monoisotopic (exact) mass is 300 g/mol. The number of carbonyl (C=O) groups is 1.